The number of nitrogens with zero attached hydrogens (tertiary/aromatic N) is 2. The van der Waals surface area contributed by atoms with Gasteiger partial charge in [-0.2, -0.15) is 0 Å². The van der Waals surface area contributed by atoms with E-state index in [2.05, 4.69) is 15.3 Å². The Morgan fingerprint density at radius 1 is 1.11 bits per heavy atom. The average Bonchev–Trinajstić information content (AvgIpc) is 3.12. The molecule has 2 heterocycles. The zero-order chi connectivity index (χ0) is 25.5. The molecule has 1 N–H and O–H groups in total. The largest absolute Gasteiger partial charge is 0.496 e. The minimum atomic E-state index is -1.01. The van der Waals surface area contributed by atoms with E-state index in [9.17, 15) is 13.6 Å². The van der Waals surface area contributed by atoms with Crippen LogP contribution in [0.5, 0.6) is 17.2 Å². The maximum Gasteiger partial charge on any atom is 0.259 e. The van der Waals surface area contributed by atoms with Crippen LogP contribution < -0.4 is 14.8 Å². The van der Waals surface area contributed by atoms with Gasteiger partial charge in [-0.1, -0.05) is 18.2 Å². The molecule has 1 aliphatic carbocycles. The van der Waals surface area contributed by atoms with Crippen LogP contribution in [0.2, 0.25) is 0 Å². The van der Waals surface area contributed by atoms with Crippen LogP contribution in [0.3, 0.4) is 0 Å². The van der Waals surface area contributed by atoms with Gasteiger partial charge in [0.1, 0.15) is 23.6 Å². The molecule has 0 fully saturated rings. The number of methoxy groups -OCH3 is 2. The summed E-state index contributed by atoms with van der Waals surface area (Å²) in [7, 11) is 3.00. The van der Waals surface area contributed by atoms with Crippen LogP contribution in [0.4, 0.5) is 14.5 Å². The number of carbonyl (C=O) groups excluding carboxylic acids is 1. The summed E-state index contributed by atoms with van der Waals surface area (Å²) in [5, 5.41) is 2.50. The highest BCUT2D eigenvalue weighted by Crippen LogP contribution is 2.34. The van der Waals surface area contributed by atoms with Gasteiger partial charge in [0.25, 0.3) is 5.91 Å². The summed E-state index contributed by atoms with van der Waals surface area (Å²) >= 11 is 0. The summed E-state index contributed by atoms with van der Waals surface area (Å²) in [5.41, 5.74) is 0.885. The quantitative estimate of drug-likeness (QED) is 0.414. The van der Waals surface area contributed by atoms with E-state index in [0.717, 1.165) is 12.1 Å². The number of allylic oxidation sites excluding steroid dienone is 4. The second-order valence-corrected chi connectivity index (χ2v) is 7.53. The van der Waals surface area contributed by atoms with E-state index in [1.807, 2.05) is 6.08 Å². The van der Waals surface area contributed by atoms with Crippen LogP contribution in [-0.4, -0.2) is 43.3 Å². The Morgan fingerprint density at radius 2 is 1.92 bits per heavy atom. The number of hydrogen-bond acceptors (Lipinski definition) is 7. The van der Waals surface area contributed by atoms with Crippen molar-refractivity contribution in [3.63, 3.8) is 0 Å². The summed E-state index contributed by atoms with van der Waals surface area (Å²) < 4.78 is 51.0. The van der Waals surface area contributed by atoms with Crippen molar-refractivity contribution in [2.45, 2.75) is 6.42 Å². The molecule has 1 aliphatic rings. The fourth-order valence-electron chi connectivity index (χ4n) is 3.42. The van der Waals surface area contributed by atoms with E-state index in [1.54, 1.807) is 31.4 Å². The van der Waals surface area contributed by atoms with E-state index >= 15 is 0 Å². The molecule has 3 aromatic rings. The van der Waals surface area contributed by atoms with Gasteiger partial charge in [0, 0.05) is 43.3 Å². The van der Waals surface area contributed by atoms with Gasteiger partial charge >= 0.3 is 0 Å². The molecule has 0 bridgehead atoms. The number of hydrogen-bond donors (Lipinski definition) is 1. The molecular weight excluding hydrogens is 472 g/mol. The molecule has 4 rings (SSSR count). The monoisotopic (exact) mass is 495 g/mol. The topological polar surface area (TPSA) is 91.8 Å². The second-order valence-electron chi connectivity index (χ2n) is 7.53. The van der Waals surface area contributed by atoms with E-state index in [0.29, 0.717) is 42.2 Å². The van der Waals surface area contributed by atoms with Crippen LogP contribution in [0.1, 0.15) is 6.42 Å². The van der Waals surface area contributed by atoms with Crippen LogP contribution in [-0.2, 0) is 14.3 Å². The lowest BCUT2D eigenvalue weighted by molar-refractivity contribution is -0.112. The molecule has 186 valence electrons. The highest BCUT2D eigenvalue weighted by Gasteiger charge is 2.20. The first kappa shape index (κ1) is 24.8. The number of aromatic nitrogens is 2. The fraction of sp³-hybridized carbons (Fsp3) is 0.192. The number of rotatable bonds is 9. The van der Waals surface area contributed by atoms with Crippen molar-refractivity contribution in [1.82, 2.24) is 9.97 Å². The highest BCUT2D eigenvalue weighted by atomic mass is 19.1. The van der Waals surface area contributed by atoms with Crippen molar-refractivity contribution in [2.24, 2.45) is 0 Å². The van der Waals surface area contributed by atoms with Crippen molar-refractivity contribution >= 4 is 22.6 Å². The van der Waals surface area contributed by atoms with Crippen molar-refractivity contribution < 1.29 is 32.5 Å². The molecule has 36 heavy (non-hydrogen) atoms. The van der Waals surface area contributed by atoms with E-state index in [1.165, 1.54) is 25.6 Å². The van der Waals surface area contributed by atoms with Gasteiger partial charge in [-0.3, -0.25) is 9.78 Å². The minimum Gasteiger partial charge on any atom is -0.496 e. The van der Waals surface area contributed by atoms with E-state index in [4.69, 9.17) is 18.9 Å². The average molecular weight is 495 g/mol. The first-order valence-corrected chi connectivity index (χ1v) is 11.0. The van der Waals surface area contributed by atoms with Crippen LogP contribution in [0.25, 0.3) is 11.0 Å². The number of halogens is 2. The molecule has 0 aliphatic heterocycles. The second kappa shape index (κ2) is 11.4. The standard InChI is InChI=1S/C26H23F2N3O5/c1-33-10-11-35-17-14-21-24(30-15-17)23(8-9-29-21)36-25-19(27)12-16(13-20(25)28)31-26(32)18-6-4-3-5-7-22(18)34-2/h3,5-9,12-15H,4,10-11H2,1-2H3,(H,31,32). The number of ether oxygens (including phenoxy) is 4. The number of fused-ring (bicyclic) bond motifs is 1. The Hall–Kier alpha value is -4.31. The van der Waals surface area contributed by atoms with Gasteiger partial charge in [-0.05, 0) is 12.5 Å². The maximum atomic E-state index is 14.9. The summed E-state index contributed by atoms with van der Waals surface area (Å²) in [6, 6.07) is 5.03. The third-order valence-electron chi connectivity index (χ3n) is 5.11. The van der Waals surface area contributed by atoms with E-state index < -0.39 is 23.3 Å². The van der Waals surface area contributed by atoms with Crippen molar-refractivity contribution in [3.05, 3.63) is 83.9 Å². The normalized spacial score (nSPS) is 13.0. The minimum absolute atomic E-state index is 0.0773. The van der Waals surface area contributed by atoms with Crippen LogP contribution in [0.15, 0.2) is 72.3 Å². The van der Waals surface area contributed by atoms with Gasteiger partial charge < -0.3 is 24.3 Å². The van der Waals surface area contributed by atoms with Crippen molar-refractivity contribution in [3.8, 4) is 17.2 Å². The van der Waals surface area contributed by atoms with Crippen molar-refractivity contribution in [1.29, 1.82) is 0 Å². The van der Waals surface area contributed by atoms with Crippen molar-refractivity contribution in [2.75, 3.05) is 32.8 Å². The number of benzene rings is 1. The molecule has 0 unspecified atom stereocenters. The smallest absolute Gasteiger partial charge is 0.259 e. The summed E-state index contributed by atoms with van der Waals surface area (Å²) in [4.78, 5) is 21.2. The molecule has 8 nitrogen and oxygen atoms in total. The van der Waals surface area contributed by atoms with Gasteiger partial charge in [-0.15, -0.1) is 0 Å². The molecule has 0 atom stereocenters. The molecule has 1 amide bonds. The number of anilines is 1. The summed E-state index contributed by atoms with van der Waals surface area (Å²) in [5.74, 6) is -2.31. The van der Waals surface area contributed by atoms with E-state index in [-0.39, 0.29) is 17.0 Å². The zero-order valence-electron chi connectivity index (χ0n) is 19.6. The lowest BCUT2D eigenvalue weighted by Gasteiger charge is -2.14. The van der Waals surface area contributed by atoms with Crippen LogP contribution >= 0.6 is 0 Å². The zero-order valence-corrected chi connectivity index (χ0v) is 19.6. The third kappa shape index (κ3) is 5.66. The molecule has 0 radical (unpaired) electrons. The van der Waals surface area contributed by atoms with Crippen LogP contribution in [0, 0.1) is 11.6 Å². The lowest BCUT2D eigenvalue weighted by atomic mass is 10.1. The Balaban J connectivity index is 1.54. The molecular formula is C26H23F2N3O5. The molecule has 0 saturated carbocycles. The first-order chi connectivity index (χ1) is 17.5. The van der Waals surface area contributed by atoms with Gasteiger partial charge in [0.2, 0.25) is 0 Å². The number of amides is 1. The fourth-order valence-corrected chi connectivity index (χ4v) is 3.42. The lowest BCUT2D eigenvalue weighted by Crippen LogP contribution is -2.17. The number of carbonyl (C=O) groups is 1. The maximum absolute atomic E-state index is 14.9. The van der Waals surface area contributed by atoms with Gasteiger partial charge in [0.15, 0.2) is 23.1 Å². The Labute approximate surface area is 205 Å². The molecule has 10 heteroatoms. The summed E-state index contributed by atoms with van der Waals surface area (Å²) in [6.45, 7) is 0.735. The van der Waals surface area contributed by atoms with Gasteiger partial charge in [-0.25, -0.2) is 13.8 Å². The molecule has 2 aromatic heterocycles. The third-order valence-corrected chi connectivity index (χ3v) is 5.11. The molecule has 0 spiro atoms. The predicted molar refractivity (Wildman–Crippen MR) is 129 cm³/mol. The Bertz CT molecular complexity index is 1350. The molecule has 1 aromatic carbocycles. The summed E-state index contributed by atoms with van der Waals surface area (Å²) in [6.07, 6.45) is 10.3. The number of pyridine rings is 2. The first-order valence-electron chi connectivity index (χ1n) is 11.0. The molecule has 0 saturated heterocycles. The Morgan fingerprint density at radius 3 is 2.67 bits per heavy atom. The SMILES string of the molecule is COCCOc1cnc2c(Oc3c(F)cc(NC(=O)C4=CCC=CC=C4OC)cc3F)ccnc2c1. The predicted octanol–water partition coefficient (Wildman–Crippen LogP) is 5.08. The highest BCUT2D eigenvalue weighted by molar-refractivity contribution is 6.06. The van der Waals surface area contributed by atoms with Gasteiger partial charge in [0.05, 0.1) is 31.0 Å². The Kier molecular flexibility index (Phi) is 7.86. The number of nitrogens with one attached hydrogen (secondary N) is 1.